The molecule has 33 heavy (non-hydrogen) atoms. The average Bonchev–Trinajstić information content (AvgIpc) is 2.80. The van der Waals surface area contributed by atoms with Crippen molar-refractivity contribution in [1.82, 2.24) is 0 Å². The van der Waals surface area contributed by atoms with Crippen molar-refractivity contribution in [2.45, 2.75) is 122 Å². The summed E-state index contributed by atoms with van der Waals surface area (Å²) in [5.41, 5.74) is 12.4. The number of benzene rings is 1. The van der Waals surface area contributed by atoms with Gasteiger partial charge in [0.25, 0.3) is 0 Å². The Balaban J connectivity index is 1.93. The fourth-order valence-electron chi connectivity index (χ4n) is 4.10. The van der Waals surface area contributed by atoms with E-state index in [9.17, 15) is 9.59 Å². The van der Waals surface area contributed by atoms with Crippen molar-refractivity contribution in [3.05, 3.63) is 35.4 Å². The molecule has 0 aliphatic heterocycles. The van der Waals surface area contributed by atoms with Crippen LogP contribution in [0.1, 0.15) is 138 Å². The maximum Gasteiger partial charge on any atom is 0.338 e. The summed E-state index contributed by atoms with van der Waals surface area (Å²) < 4.78 is 5.37. The van der Waals surface area contributed by atoms with Crippen molar-refractivity contribution < 1.29 is 14.3 Å². The molecule has 5 heteroatoms. The van der Waals surface area contributed by atoms with Gasteiger partial charge in [0.05, 0.1) is 12.2 Å². The Bertz CT molecular complexity index is 631. The second-order valence-corrected chi connectivity index (χ2v) is 9.34. The molecule has 1 rings (SSSR count). The number of nitrogens with two attached hydrogens (primary N) is 2. The van der Waals surface area contributed by atoms with Gasteiger partial charge < -0.3 is 16.2 Å². The van der Waals surface area contributed by atoms with Gasteiger partial charge in [-0.1, -0.05) is 115 Å². The van der Waals surface area contributed by atoms with Gasteiger partial charge in [-0.05, 0) is 24.1 Å². The Morgan fingerprint density at radius 1 is 0.727 bits per heavy atom. The van der Waals surface area contributed by atoms with Gasteiger partial charge in [0.15, 0.2) is 0 Å². The third-order valence-electron chi connectivity index (χ3n) is 6.23. The minimum Gasteiger partial charge on any atom is -0.462 e. The summed E-state index contributed by atoms with van der Waals surface area (Å²) in [6.45, 7) is 2.73. The van der Waals surface area contributed by atoms with Crippen LogP contribution in [-0.2, 0) is 9.53 Å². The average molecular weight is 461 g/mol. The van der Waals surface area contributed by atoms with Crippen LogP contribution >= 0.6 is 0 Å². The van der Waals surface area contributed by atoms with Crippen LogP contribution in [0, 0.1) is 0 Å². The van der Waals surface area contributed by atoms with Crippen molar-refractivity contribution in [1.29, 1.82) is 0 Å². The van der Waals surface area contributed by atoms with E-state index in [0.29, 0.717) is 12.2 Å². The van der Waals surface area contributed by atoms with Crippen molar-refractivity contribution in [3.8, 4) is 0 Å². The first-order valence-electron chi connectivity index (χ1n) is 13.4. The van der Waals surface area contributed by atoms with Gasteiger partial charge in [-0.25, -0.2) is 4.79 Å². The molecule has 0 saturated carbocycles. The maximum atomic E-state index is 12.1. The van der Waals surface area contributed by atoms with E-state index in [-0.39, 0.29) is 12.4 Å². The predicted molar refractivity (Wildman–Crippen MR) is 137 cm³/mol. The summed E-state index contributed by atoms with van der Waals surface area (Å²) in [6, 6.07) is 6.42. The number of unbranched alkanes of at least 4 members (excludes halogenated alkanes) is 15. The summed E-state index contributed by atoms with van der Waals surface area (Å²) >= 11 is 0. The SMILES string of the molecule is CCCCCCCCCCCCCCCCCCOC(=O)c1ccc(C(N)CC(N)=O)cc1. The van der Waals surface area contributed by atoms with Crippen LogP contribution in [0.3, 0.4) is 0 Å². The zero-order chi connectivity index (χ0) is 24.2. The van der Waals surface area contributed by atoms with E-state index < -0.39 is 11.9 Å². The lowest BCUT2D eigenvalue weighted by molar-refractivity contribution is -0.118. The highest BCUT2D eigenvalue weighted by Gasteiger charge is 2.11. The lowest BCUT2D eigenvalue weighted by Crippen LogP contribution is -2.20. The maximum absolute atomic E-state index is 12.1. The molecule has 0 bridgehead atoms. The van der Waals surface area contributed by atoms with Gasteiger partial charge >= 0.3 is 5.97 Å². The molecule has 4 N–H and O–H groups in total. The molecule has 5 nitrogen and oxygen atoms in total. The number of carbonyl (C=O) groups is 2. The summed E-state index contributed by atoms with van der Waals surface area (Å²) in [5, 5.41) is 0. The highest BCUT2D eigenvalue weighted by Crippen LogP contribution is 2.16. The largest absolute Gasteiger partial charge is 0.462 e. The standard InChI is InChI=1S/C28H48N2O3/c1-2-3-4-5-6-7-8-9-10-11-12-13-14-15-16-17-22-33-28(32)25-20-18-24(19-21-25)26(29)23-27(30)31/h18-21,26H,2-17,22-23,29H2,1H3,(H2,30,31). The van der Waals surface area contributed by atoms with E-state index in [1.54, 1.807) is 24.3 Å². The summed E-state index contributed by atoms with van der Waals surface area (Å²) in [4.78, 5) is 23.1. The monoisotopic (exact) mass is 460 g/mol. The third kappa shape index (κ3) is 15.6. The molecule has 1 atom stereocenters. The Kier molecular flexibility index (Phi) is 17.3. The van der Waals surface area contributed by atoms with Crippen molar-refractivity contribution in [3.63, 3.8) is 0 Å². The minimum absolute atomic E-state index is 0.0864. The van der Waals surface area contributed by atoms with Gasteiger partial charge in [0.1, 0.15) is 0 Å². The Morgan fingerprint density at radius 3 is 1.58 bits per heavy atom. The second kappa shape index (κ2) is 19.6. The number of hydrogen-bond acceptors (Lipinski definition) is 4. The van der Waals surface area contributed by atoms with E-state index in [2.05, 4.69) is 6.92 Å². The molecule has 0 aliphatic rings. The second-order valence-electron chi connectivity index (χ2n) is 9.34. The van der Waals surface area contributed by atoms with Crippen LogP contribution in [0.2, 0.25) is 0 Å². The molecular formula is C28H48N2O3. The van der Waals surface area contributed by atoms with Gasteiger partial charge in [-0.2, -0.15) is 0 Å². The molecule has 0 fully saturated rings. The number of hydrogen-bond donors (Lipinski definition) is 2. The molecule has 1 amide bonds. The first-order chi connectivity index (χ1) is 16.0. The fraction of sp³-hybridized carbons (Fsp3) is 0.714. The molecule has 188 valence electrons. The van der Waals surface area contributed by atoms with Crippen LogP contribution in [0.25, 0.3) is 0 Å². The molecule has 1 aromatic rings. The lowest BCUT2D eigenvalue weighted by Gasteiger charge is -2.10. The van der Waals surface area contributed by atoms with Gasteiger partial charge in [-0.3, -0.25) is 4.79 Å². The van der Waals surface area contributed by atoms with Gasteiger partial charge in [0, 0.05) is 12.5 Å². The highest BCUT2D eigenvalue weighted by molar-refractivity contribution is 5.89. The van der Waals surface area contributed by atoms with E-state index in [0.717, 1.165) is 18.4 Å². The van der Waals surface area contributed by atoms with Gasteiger partial charge in [-0.15, -0.1) is 0 Å². The first kappa shape index (κ1) is 29.2. The van der Waals surface area contributed by atoms with E-state index in [1.165, 1.54) is 89.9 Å². The molecule has 0 aromatic heterocycles. The van der Waals surface area contributed by atoms with Crippen molar-refractivity contribution >= 4 is 11.9 Å². The normalized spacial score (nSPS) is 11.9. The Morgan fingerprint density at radius 2 is 1.15 bits per heavy atom. The molecular weight excluding hydrogens is 412 g/mol. The van der Waals surface area contributed by atoms with Crippen molar-refractivity contribution in [2.24, 2.45) is 11.5 Å². The molecule has 0 saturated heterocycles. The van der Waals surface area contributed by atoms with E-state index in [4.69, 9.17) is 16.2 Å². The summed E-state index contributed by atoms with van der Waals surface area (Å²) in [5.74, 6) is -0.754. The van der Waals surface area contributed by atoms with Crippen molar-refractivity contribution in [2.75, 3.05) is 6.61 Å². The van der Waals surface area contributed by atoms with Gasteiger partial charge in [0.2, 0.25) is 5.91 Å². The molecule has 1 unspecified atom stereocenters. The van der Waals surface area contributed by atoms with Crippen LogP contribution < -0.4 is 11.5 Å². The number of rotatable bonds is 21. The van der Waals surface area contributed by atoms with Crippen LogP contribution in [-0.4, -0.2) is 18.5 Å². The molecule has 1 aromatic carbocycles. The highest BCUT2D eigenvalue weighted by atomic mass is 16.5. The zero-order valence-electron chi connectivity index (χ0n) is 21.0. The third-order valence-corrected chi connectivity index (χ3v) is 6.23. The van der Waals surface area contributed by atoms with Crippen LogP contribution in [0.5, 0.6) is 0 Å². The quantitative estimate of drug-likeness (QED) is 0.153. The zero-order valence-corrected chi connectivity index (χ0v) is 21.0. The fourth-order valence-corrected chi connectivity index (χ4v) is 4.10. The number of primary amides is 1. The molecule has 0 heterocycles. The first-order valence-corrected chi connectivity index (χ1v) is 13.4. The number of ether oxygens (including phenoxy) is 1. The van der Waals surface area contributed by atoms with Crippen LogP contribution in [0.15, 0.2) is 24.3 Å². The number of esters is 1. The summed E-state index contributed by atoms with van der Waals surface area (Å²) in [6.07, 6.45) is 21.3. The van der Waals surface area contributed by atoms with E-state index in [1.807, 2.05) is 0 Å². The Hall–Kier alpha value is -1.88. The lowest BCUT2D eigenvalue weighted by atomic mass is 10.0. The smallest absolute Gasteiger partial charge is 0.338 e. The summed E-state index contributed by atoms with van der Waals surface area (Å²) in [7, 11) is 0. The molecule has 0 radical (unpaired) electrons. The topological polar surface area (TPSA) is 95.4 Å². The van der Waals surface area contributed by atoms with E-state index >= 15 is 0 Å². The minimum atomic E-state index is -0.447. The molecule has 0 aliphatic carbocycles. The predicted octanol–water partition coefficient (Wildman–Crippen LogP) is 6.98. The Labute approximate surface area is 202 Å². The molecule has 0 spiro atoms. The van der Waals surface area contributed by atoms with Crippen LogP contribution in [0.4, 0.5) is 0 Å². The number of amides is 1. The number of carbonyl (C=O) groups excluding carboxylic acids is 2.